The molecule has 0 amide bonds. The Morgan fingerprint density at radius 2 is 0.746 bits per heavy atom. The second-order valence-electron chi connectivity index (χ2n) is 19.3. The normalized spacial score (nSPS) is 12.9. The zero-order valence-corrected chi connectivity index (χ0v) is 38.6. The van der Waals surface area contributed by atoms with Gasteiger partial charge in [-0.15, -0.1) is 0 Å². The van der Waals surface area contributed by atoms with Gasteiger partial charge in [0.05, 0.1) is 32.3 Å². The van der Waals surface area contributed by atoms with Crippen LogP contribution in [0.4, 0.5) is 0 Å². The number of hydrogen-bond donors (Lipinski definition) is 0. The number of nitrogens with zero attached hydrogens (tertiary/aromatic N) is 2. The molecule has 7 heterocycles. The van der Waals surface area contributed by atoms with Crippen molar-refractivity contribution in [3.63, 3.8) is 0 Å². The second kappa shape index (κ2) is 12.7. The van der Waals surface area contributed by atoms with E-state index in [1.807, 2.05) is 0 Å². The largest absolute Gasteiger partial charge is 0.456 e. The third kappa shape index (κ3) is 4.65. The number of hydrogen-bond acceptors (Lipinski definition) is 5. The van der Waals surface area contributed by atoms with Crippen molar-refractivity contribution < 1.29 is 22.1 Å². The lowest BCUT2D eigenvalue weighted by molar-refractivity contribution is 0.648. The first-order valence-electron chi connectivity index (χ1n) is 24.0. The highest BCUT2D eigenvalue weighted by atomic mass is 31.1. The smallest absolute Gasteiger partial charge is 0.160 e. The third-order valence-electron chi connectivity index (χ3n) is 15.4. The van der Waals surface area contributed by atoms with Crippen molar-refractivity contribution in [1.82, 2.24) is 8.80 Å². The van der Waals surface area contributed by atoms with E-state index in [9.17, 15) is 0 Å². The zero-order chi connectivity index (χ0) is 46.0. The maximum absolute atomic E-state index is 7.51. The number of benzene rings is 11. The fourth-order valence-corrected chi connectivity index (χ4v) is 15.3. The Morgan fingerprint density at radius 3 is 1.24 bits per heavy atom. The van der Waals surface area contributed by atoms with Crippen molar-refractivity contribution in [2.45, 2.75) is 6.92 Å². The quantitative estimate of drug-likeness (QED) is 0.128. The van der Waals surface area contributed by atoms with E-state index >= 15 is 0 Å². The predicted molar refractivity (Wildman–Crippen MR) is 291 cm³/mol. The molecule has 71 heavy (non-hydrogen) atoms. The summed E-state index contributed by atoms with van der Waals surface area (Å²) >= 11 is 0. The molecule has 0 bridgehead atoms. The van der Waals surface area contributed by atoms with Gasteiger partial charge in [0.15, 0.2) is 22.3 Å². The molecule has 0 fully saturated rings. The monoisotopic (exact) mass is 928 g/mol. The van der Waals surface area contributed by atoms with E-state index in [-0.39, 0.29) is 0 Å². The minimum absolute atomic E-state index is 0.803. The van der Waals surface area contributed by atoms with E-state index in [4.69, 9.17) is 22.1 Å². The molecule has 18 rings (SSSR count). The van der Waals surface area contributed by atoms with Crippen LogP contribution in [-0.4, -0.2) is 8.80 Å². The van der Waals surface area contributed by atoms with Crippen molar-refractivity contribution in [2.24, 2.45) is 0 Å². The number of para-hydroxylation sites is 4. The maximum atomic E-state index is 7.51. The average molecular weight is 929 g/mol. The minimum atomic E-state index is -1.21. The Morgan fingerprint density at radius 1 is 0.324 bits per heavy atom. The third-order valence-corrected chi connectivity index (χ3v) is 18.0. The van der Waals surface area contributed by atoms with Gasteiger partial charge in [-0.2, -0.15) is 0 Å². The molecule has 11 aromatic carbocycles. The van der Waals surface area contributed by atoms with Crippen LogP contribution in [0.25, 0.3) is 170 Å². The first-order valence-corrected chi connectivity index (χ1v) is 25.3. The lowest BCUT2D eigenvalue weighted by atomic mass is 9.99. The second-order valence-corrected chi connectivity index (χ2v) is 21.3. The van der Waals surface area contributed by atoms with Gasteiger partial charge in [-0.3, -0.25) is 0 Å². The molecule has 7 aromatic heterocycles. The van der Waals surface area contributed by atoms with Gasteiger partial charge in [0.1, 0.15) is 44.5 Å². The molecule has 330 valence electrons. The molecule has 0 aliphatic carbocycles. The summed E-state index contributed by atoms with van der Waals surface area (Å²) in [5.74, 6) is 0. The van der Waals surface area contributed by atoms with Crippen molar-refractivity contribution in [2.75, 3.05) is 0 Å². The highest BCUT2D eigenvalue weighted by Crippen LogP contribution is 2.59. The van der Waals surface area contributed by atoms with Crippen LogP contribution in [0.2, 0.25) is 0 Å². The van der Waals surface area contributed by atoms with Gasteiger partial charge < -0.3 is 30.9 Å². The molecule has 8 heteroatoms. The van der Waals surface area contributed by atoms with Gasteiger partial charge in [-0.1, -0.05) is 92.3 Å². The Bertz CT molecular complexity index is 5120. The van der Waals surface area contributed by atoms with Crippen LogP contribution in [0, 0.1) is 6.92 Å². The summed E-state index contributed by atoms with van der Waals surface area (Å²) in [4.78, 5) is 0. The van der Waals surface area contributed by atoms with Crippen LogP contribution >= 0.6 is 7.34 Å². The number of aromatic nitrogens is 2. The van der Waals surface area contributed by atoms with Gasteiger partial charge in [-0.25, -0.2) is 0 Å². The van der Waals surface area contributed by atoms with E-state index < -0.39 is 7.34 Å². The summed E-state index contributed by atoms with van der Waals surface area (Å²) < 4.78 is 39.9. The number of rotatable bonds is 2. The molecule has 18 aromatic rings. The summed E-state index contributed by atoms with van der Waals surface area (Å²) in [5, 5.41) is 12.5. The van der Waals surface area contributed by atoms with Crippen LogP contribution in [0.15, 0.2) is 204 Å². The zero-order valence-electron chi connectivity index (χ0n) is 37.7. The molecular formula is C63H33N2O5P. The summed E-state index contributed by atoms with van der Waals surface area (Å²) in [7, 11) is -1.21. The van der Waals surface area contributed by atoms with Gasteiger partial charge in [0, 0.05) is 37.8 Å². The van der Waals surface area contributed by atoms with Crippen LogP contribution in [-0.2, 0) is 0 Å². The number of fused-ring (bicyclic) bond motifs is 14. The summed E-state index contributed by atoms with van der Waals surface area (Å²) in [5.41, 5.74) is 19.7. The summed E-state index contributed by atoms with van der Waals surface area (Å²) in [6, 6.07) is 64.8. The molecule has 0 radical (unpaired) electrons. The Hall–Kier alpha value is -9.16. The molecule has 7 nitrogen and oxygen atoms in total. The predicted octanol–water partition coefficient (Wildman–Crippen LogP) is 19.1. The van der Waals surface area contributed by atoms with Crippen LogP contribution < -0.4 is 0 Å². The van der Waals surface area contributed by atoms with Crippen LogP contribution in [0.5, 0.6) is 0 Å². The maximum Gasteiger partial charge on any atom is 0.160 e. The first kappa shape index (κ1) is 36.8. The van der Waals surface area contributed by atoms with Crippen LogP contribution in [0.3, 0.4) is 0 Å². The van der Waals surface area contributed by atoms with Gasteiger partial charge in [0.2, 0.25) is 0 Å². The molecular weight excluding hydrogens is 896 g/mol. The van der Waals surface area contributed by atoms with Crippen molar-refractivity contribution in [3.05, 3.63) is 188 Å². The number of aryl methyl sites for hydroxylation is 1. The van der Waals surface area contributed by atoms with E-state index in [0.29, 0.717) is 0 Å². The van der Waals surface area contributed by atoms with Gasteiger partial charge in [-0.05, 0) is 142 Å². The summed E-state index contributed by atoms with van der Waals surface area (Å²) in [6.07, 6.45) is 0. The molecule has 0 saturated carbocycles. The first-order chi connectivity index (χ1) is 35.1. The molecule has 0 unspecified atom stereocenters. The topological polar surface area (TPSA) is 74.5 Å². The Kier molecular flexibility index (Phi) is 6.60. The van der Waals surface area contributed by atoms with Crippen molar-refractivity contribution >= 4 is 155 Å². The van der Waals surface area contributed by atoms with Gasteiger partial charge in [0.25, 0.3) is 0 Å². The van der Waals surface area contributed by atoms with Gasteiger partial charge >= 0.3 is 0 Å². The molecule has 0 aliphatic heterocycles. The number of furan rings is 2. The van der Waals surface area contributed by atoms with E-state index in [2.05, 4.69) is 198 Å². The highest BCUT2D eigenvalue weighted by Gasteiger charge is 2.30. The highest BCUT2D eigenvalue weighted by molar-refractivity contribution is 7.63. The Labute approximate surface area is 400 Å². The van der Waals surface area contributed by atoms with E-state index in [1.165, 1.54) is 15.9 Å². The van der Waals surface area contributed by atoms with E-state index in [0.717, 1.165) is 159 Å². The standard InChI is InChI=1S/C63H33N2O5P/c1-32-22-47-61-48(23-32)65-46-15-7-9-17-52(46)70-60-40(38-19-21-50-42(27-38)44-25-34-11-3-5-13-36(34)29-54(44)67-50)31-56-63(58(60)65)71(61)62-55(68-56)30-39(59-57(62)64(47)45-14-6-8-16-51(45)69-59)37-18-20-49-41(26-37)43-24-33-10-2-4-12-35(33)28-53(43)66-49/h2-31H,1H3. The molecule has 0 atom stereocenters. The average Bonchev–Trinajstić information content (AvgIpc) is 3.96. The lowest BCUT2D eigenvalue weighted by Crippen LogP contribution is -2.03. The fraction of sp³-hybridized carbons (Fsp3) is 0.0159. The lowest BCUT2D eigenvalue weighted by Gasteiger charge is -2.25. The molecule has 0 saturated heterocycles. The molecule has 0 spiro atoms. The van der Waals surface area contributed by atoms with Crippen molar-refractivity contribution in [1.29, 1.82) is 0 Å². The van der Waals surface area contributed by atoms with Crippen LogP contribution in [0.1, 0.15) is 5.56 Å². The SMILES string of the molecule is Cc1cc2c3c(c1)n1c4ccccc4oc4c(-c5ccc6oc7cc8ccccc8cc7c6c5)cc5oc6cc(-c7ccc8oc9cc%10ccccc%10cc9c8c7)c7oc8ccccc8n2c7c6p3c5c41. The summed E-state index contributed by atoms with van der Waals surface area (Å²) in [6.45, 7) is 2.21. The Balaban J connectivity index is 1.02. The van der Waals surface area contributed by atoms with E-state index in [1.54, 1.807) is 0 Å². The molecule has 0 N–H and O–H groups in total. The minimum Gasteiger partial charge on any atom is -0.456 e. The molecule has 0 aliphatic rings. The van der Waals surface area contributed by atoms with Crippen molar-refractivity contribution in [3.8, 4) is 22.3 Å². The fourth-order valence-electron chi connectivity index (χ4n) is 12.3.